The minimum atomic E-state index is -3.83. The van der Waals surface area contributed by atoms with Gasteiger partial charge in [-0.1, -0.05) is 51.1 Å². The summed E-state index contributed by atoms with van der Waals surface area (Å²) < 4.78 is 23.4. The molecule has 2 aromatic carbocycles. The Morgan fingerprint density at radius 3 is 2.15 bits per heavy atom. The Kier molecular flexibility index (Phi) is 4.68. The summed E-state index contributed by atoms with van der Waals surface area (Å²) in [7, 11) is -3.83. The molecule has 0 spiro atoms. The van der Waals surface area contributed by atoms with E-state index >= 15 is 0 Å². The number of nitrogens with one attached hydrogen (secondary N) is 1. The van der Waals surface area contributed by atoms with Crippen LogP contribution >= 0.6 is 0 Å². The van der Waals surface area contributed by atoms with Crippen molar-refractivity contribution in [1.82, 2.24) is 0 Å². The summed E-state index contributed by atoms with van der Waals surface area (Å²) in [4.78, 5) is 13.0. The Hall–Kier alpha value is -2.18. The minimum absolute atomic E-state index is 0.0275. The molecule has 6 heteroatoms. The monoisotopic (exact) mass is 386 g/mol. The lowest BCUT2D eigenvalue weighted by molar-refractivity contribution is -0.118. The number of sulfonamides is 1. The molecular weight excluding hydrogens is 360 g/mol. The van der Waals surface area contributed by atoms with Gasteiger partial charge in [0.25, 0.3) is 0 Å². The van der Waals surface area contributed by atoms with Crippen molar-refractivity contribution in [1.29, 1.82) is 0 Å². The average molecular weight is 387 g/mol. The van der Waals surface area contributed by atoms with Crippen molar-refractivity contribution in [3.8, 4) is 0 Å². The highest BCUT2D eigenvalue weighted by molar-refractivity contribution is 7.89. The maximum absolute atomic E-state index is 12.9. The van der Waals surface area contributed by atoms with Gasteiger partial charge in [0, 0.05) is 5.69 Å². The average Bonchev–Trinajstić information content (AvgIpc) is 3.37. The zero-order chi connectivity index (χ0) is 20.0. The van der Waals surface area contributed by atoms with Crippen LogP contribution in [0.4, 0.5) is 5.69 Å². The molecule has 0 bridgehead atoms. The number of carbonyl (C=O) groups excluding carboxylic acids is 1. The maximum atomic E-state index is 12.9. The first-order valence-corrected chi connectivity index (χ1v) is 10.5. The third-order valence-electron chi connectivity index (χ3n) is 5.24. The van der Waals surface area contributed by atoms with E-state index in [1.165, 1.54) is 11.6 Å². The van der Waals surface area contributed by atoms with Crippen molar-refractivity contribution in [3.05, 3.63) is 59.2 Å². The molecule has 1 aliphatic rings. The lowest BCUT2D eigenvalue weighted by atomic mass is 9.85. The summed E-state index contributed by atoms with van der Waals surface area (Å²) in [6.07, 6.45) is 1.56. The van der Waals surface area contributed by atoms with Crippen LogP contribution in [-0.4, -0.2) is 14.3 Å². The number of carbonyl (C=O) groups is 1. The molecule has 3 N–H and O–H groups in total. The Bertz CT molecular complexity index is 983. The molecule has 27 heavy (non-hydrogen) atoms. The first-order chi connectivity index (χ1) is 12.4. The van der Waals surface area contributed by atoms with Crippen LogP contribution in [0.5, 0.6) is 0 Å². The summed E-state index contributed by atoms with van der Waals surface area (Å²) in [5.41, 5.74) is 2.72. The van der Waals surface area contributed by atoms with Crippen LogP contribution < -0.4 is 10.5 Å². The van der Waals surface area contributed by atoms with Crippen molar-refractivity contribution in [2.45, 2.75) is 56.3 Å². The van der Waals surface area contributed by atoms with Gasteiger partial charge < -0.3 is 5.32 Å². The molecule has 3 rings (SSSR count). The van der Waals surface area contributed by atoms with Crippen molar-refractivity contribution in [2.24, 2.45) is 5.14 Å². The quantitative estimate of drug-likeness (QED) is 0.841. The summed E-state index contributed by atoms with van der Waals surface area (Å²) in [6.45, 7) is 8.14. The standard InChI is InChI=1S/C21H26N2O3S/c1-14-5-10-17(13-18(14)27(22,25)26)23-19(24)21(11-12-21)16-8-6-15(7-9-16)20(2,3)4/h5-10,13H,11-12H2,1-4H3,(H,23,24)(H2,22,25,26). The van der Waals surface area contributed by atoms with E-state index in [0.29, 0.717) is 11.3 Å². The summed E-state index contributed by atoms with van der Waals surface area (Å²) >= 11 is 0. The zero-order valence-corrected chi connectivity index (χ0v) is 17.0. The number of aryl methyl sites for hydroxylation is 1. The van der Waals surface area contributed by atoms with Gasteiger partial charge in [-0.25, -0.2) is 13.6 Å². The number of primary sulfonamides is 1. The maximum Gasteiger partial charge on any atom is 0.238 e. The smallest absolute Gasteiger partial charge is 0.238 e. The molecule has 0 aliphatic heterocycles. The fourth-order valence-electron chi connectivity index (χ4n) is 3.30. The predicted molar refractivity (Wildman–Crippen MR) is 107 cm³/mol. The van der Waals surface area contributed by atoms with Gasteiger partial charge in [-0.3, -0.25) is 4.79 Å². The molecule has 0 radical (unpaired) electrons. The Morgan fingerprint density at radius 2 is 1.67 bits per heavy atom. The number of anilines is 1. The lowest BCUT2D eigenvalue weighted by Crippen LogP contribution is -2.28. The summed E-state index contributed by atoms with van der Waals surface area (Å²) in [6, 6.07) is 13.0. The third kappa shape index (κ3) is 3.92. The van der Waals surface area contributed by atoms with Crippen molar-refractivity contribution in [3.63, 3.8) is 0 Å². The molecule has 144 valence electrons. The van der Waals surface area contributed by atoms with Gasteiger partial charge in [-0.2, -0.15) is 0 Å². The fraction of sp³-hybridized carbons (Fsp3) is 0.381. The van der Waals surface area contributed by atoms with Gasteiger partial charge >= 0.3 is 0 Å². The van der Waals surface area contributed by atoms with E-state index < -0.39 is 15.4 Å². The van der Waals surface area contributed by atoms with Crippen LogP contribution in [-0.2, 0) is 25.6 Å². The molecule has 1 saturated carbocycles. The van der Waals surface area contributed by atoms with E-state index in [4.69, 9.17) is 5.14 Å². The predicted octanol–water partition coefficient (Wildman–Crippen LogP) is 3.61. The second-order valence-electron chi connectivity index (χ2n) is 8.39. The van der Waals surface area contributed by atoms with Crippen molar-refractivity contribution >= 4 is 21.6 Å². The van der Waals surface area contributed by atoms with Crippen LogP contribution in [0.1, 0.15) is 50.3 Å². The first-order valence-electron chi connectivity index (χ1n) is 8.99. The van der Waals surface area contributed by atoms with Crippen LogP contribution in [0, 0.1) is 6.92 Å². The lowest BCUT2D eigenvalue weighted by Gasteiger charge is -2.21. The molecular formula is C21H26N2O3S. The Balaban J connectivity index is 1.84. The highest BCUT2D eigenvalue weighted by atomic mass is 32.2. The molecule has 5 nitrogen and oxygen atoms in total. The van der Waals surface area contributed by atoms with Gasteiger partial charge in [0.1, 0.15) is 0 Å². The number of rotatable bonds is 4. The highest BCUT2D eigenvalue weighted by Gasteiger charge is 2.51. The molecule has 0 unspecified atom stereocenters. The van der Waals surface area contributed by atoms with Crippen LogP contribution in [0.3, 0.4) is 0 Å². The summed E-state index contributed by atoms with van der Waals surface area (Å²) in [5.74, 6) is -0.116. The van der Waals surface area contributed by atoms with E-state index in [1.54, 1.807) is 19.1 Å². The fourth-order valence-corrected chi connectivity index (χ4v) is 4.10. The molecule has 0 aromatic heterocycles. The van der Waals surface area contributed by atoms with Crippen LogP contribution in [0.15, 0.2) is 47.4 Å². The topological polar surface area (TPSA) is 89.3 Å². The number of hydrogen-bond donors (Lipinski definition) is 2. The molecule has 0 saturated heterocycles. The Morgan fingerprint density at radius 1 is 1.07 bits per heavy atom. The molecule has 0 heterocycles. The van der Waals surface area contributed by atoms with Gasteiger partial charge in [0.15, 0.2) is 0 Å². The van der Waals surface area contributed by atoms with Crippen molar-refractivity contribution < 1.29 is 13.2 Å². The first kappa shape index (κ1) is 19.6. The number of benzene rings is 2. The van der Waals surface area contributed by atoms with E-state index in [9.17, 15) is 13.2 Å². The largest absolute Gasteiger partial charge is 0.325 e. The normalized spacial score (nSPS) is 16.0. The van der Waals surface area contributed by atoms with E-state index in [2.05, 4.69) is 38.2 Å². The van der Waals surface area contributed by atoms with E-state index in [1.807, 2.05) is 12.1 Å². The second kappa shape index (κ2) is 6.46. The second-order valence-corrected chi connectivity index (χ2v) is 9.92. The molecule has 0 atom stereocenters. The summed E-state index contributed by atoms with van der Waals surface area (Å²) in [5, 5.41) is 8.12. The number of amides is 1. The third-order valence-corrected chi connectivity index (χ3v) is 6.29. The Labute approximate surface area is 161 Å². The highest BCUT2D eigenvalue weighted by Crippen LogP contribution is 2.49. The zero-order valence-electron chi connectivity index (χ0n) is 16.2. The van der Waals surface area contributed by atoms with Crippen LogP contribution in [0.2, 0.25) is 0 Å². The van der Waals surface area contributed by atoms with Gasteiger partial charge in [0.2, 0.25) is 15.9 Å². The molecule has 1 fully saturated rings. The molecule has 2 aromatic rings. The van der Waals surface area contributed by atoms with Crippen LogP contribution in [0.25, 0.3) is 0 Å². The molecule has 1 amide bonds. The number of hydrogen-bond acceptors (Lipinski definition) is 3. The van der Waals surface area contributed by atoms with E-state index in [-0.39, 0.29) is 16.2 Å². The SMILES string of the molecule is Cc1ccc(NC(=O)C2(c3ccc(C(C)(C)C)cc3)CC2)cc1S(N)(=O)=O. The number of nitrogens with two attached hydrogens (primary N) is 1. The van der Waals surface area contributed by atoms with Gasteiger partial charge in [0.05, 0.1) is 10.3 Å². The minimum Gasteiger partial charge on any atom is -0.325 e. The van der Waals surface area contributed by atoms with Gasteiger partial charge in [-0.05, 0) is 54.0 Å². The molecule has 1 aliphatic carbocycles. The van der Waals surface area contributed by atoms with E-state index in [0.717, 1.165) is 18.4 Å². The van der Waals surface area contributed by atoms with Crippen molar-refractivity contribution in [2.75, 3.05) is 5.32 Å². The van der Waals surface area contributed by atoms with Gasteiger partial charge in [-0.15, -0.1) is 0 Å².